The Balaban J connectivity index is 1.38. The molecule has 0 spiro atoms. The second kappa shape index (κ2) is 8.40. The Morgan fingerprint density at radius 3 is 2.79 bits per heavy atom. The summed E-state index contributed by atoms with van der Waals surface area (Å²) in [7, 11) is 0. The molecule has 1 saturated heterocycles. The van der Waals surface area contributed by atoms with Gasteiger partial charge in [0.15, 0.2) is 0 Å². The molecule has 0 unspecified atom stereocenters. The lowest BCUT2D eigenvalue weighted by Crippen LogP contribution is -2.45. The van der Waals surface area contributed by atoms with Crippen LogP contribution in [0, 0.1) is 12.8 Å². The number of hydrogen-bond acceptors (Lipinski definition) is 3. The molecule has 1 fully saturated rings. The normalized spacial score (nSPS) is 18.9. The SMILES string of the molecule is Cc1ccccc1CNC(=O)N[C@H]1COC[C@H]1Cc1ccnc2ccccc12. The molecule has 1 aromatic heterocycles. The number of fused-ring (bicyclic) bond motifs is 1. The van der Waals surface area contributed by atoms with Crippen LogP contribution in [0.2, 0.25) is 0 Å². The van der Waals surface area contributed by atoms with Gasteiger partial charge in [-0.15, -0.1) is 0 Å². The number of amides is 2. The average molecular weight is 375 g/mol. The molecule has 2 N–H and O–H groups in total. The fourth-order valence-corrected chi connectivity index (χ4v) is 3.78. The molecule has 1 aliphatic rings. The number of pyridine rings is 1. The van der Waals surface area contributed by atoms with Crippen molar-refractivity contribution in [2.24, 2.45) is 5.92 Å². The summed E-state index contributed by atoms with van der Waals surface area (Å²) >= 11 is 0. The van der Waals surface area contributed by atoms with Crippen LogP contribution >= 0.6 is 0 Å². The van der Waals surface area contributed by atoms with E-state index in [-0.39, 0.29) is 18.0 Å². The molecule has 2 heterocycles. The first kappa shape index (κ1) is 18.4. The number of carbonyl (C=O) groups excluding carboxylic acids is 1. The van der Waals surface area contributed by atoms with Crippen molar-refractivity contribution >= 4 is 16.9 Å². The van der Waals surface area contributed by atoms with Crippen LogP contribution in [0.4, 0.5) is 4.79 Å². The van der Waals surface area contributed by atoms with Gasteiger partial charge in [-0.3, -0.25) is 4.98 Å². The zero-order valence-corrected chi connectivity index (χ0v) is 16.0. The molecular weight excluding hydrogens is 350 g/mol. The van der Waals surface area contributed by atoms with Crippen LogP contribution in [-0.4, -0.2) is 30.3 Å². The maximum Gasteiger partial charge on any atom is 0.315 e. The van der Waals surface area contributed by atoms with Crippen molar-refractivity contribution < 1.29 is 9.53 Å². The topological polar surface area (TPSA) is 63.2 Å². The van der Waals surface area contributed by atoms with Gasteiger partial charge in [0.1, 0.15) is 0 Å². The van der Waals surface area contributed by atoms with Crippen molar-refractivity contribution in [3.63, 3.8) is 0 Å². The van der Waals surface area contributed by atoms with Crippen LogP contribution in [0.3, 0.4) is 0 Å². The van der Waals surface area contributed by atoms with E-state index in [4.69, 9.17) is 4.74 Å². The molecule has 0 radical (unpaired) electrons. The van der Waals surface area contributed by atoms with E-state index in [1.807, 2.05) is 42.6 Å². The summed E-state index contributed by atoms with van der Waals surface area (Å²) < 4.78 is 5.68. The average Bonchev–Trinajstić information content (AvgIpc) is 3.14. The first-order valence-electron chi connectivity index (χ1n) is 9.70. The minimum absolute atomic E-state index is 0.00352. The number of aryl methyl sites for hydroxylation is 1. The second-order valence-electron chi connectivity index (χ2n) is 7.35. The van der Waals surface area contributed by atoms with Gasteiger partial charge in [-0.2, -0.15) is 0 Å². The number of hydrogen-bond donors (Lipinski definition) is 2. The Morgan fingerprint density at radius 1 is 1.07 bits per heavy atom. The molecule has 5 heteroatoms. The molecule has 2 amide bonds. The van der Waals surface area contributed by atoms with Crippen molar-refractivity contribution in [3.8, 4) is 0 Å². The third-order valence-electron chi connectivity index (χ3n) is 5.44. The lowest BCUT2D eigenvalue weighted by molar-refractivity contribution is 0.182. The van der Waals surface area contributed by atoms with Crippen molar-refractivity contribution in [2.45, 2.75) is 25.9 Å². The van der Waals surface area contributed by atoms with Gasteiger partial charge in [0.05, 0.1) is 24.8 Å². The highest BCUT2D eigenvalue weighted by Crippen LogP contribution is 2.24. The smallest absolute Gasteiger partial charge is 0.315 e. The van der Waals surface area contributed by atoms with Crippen LogP contribution in [0.15, 0.2) is 60.8 Å². The number of aromatic nitrogens is 1. The monoisotopic (exact) mass is 375 g/mol. The summed E-state index contributed by atoms with van der Waals surface area (Å²) in [6.45, 7) is 3.77. The first-order valence-corrected chi connectivity index (χ1v) is 9.70. The van der Waals surface area contributed by atoms with E-state index >= 15 is 0 Å². The van der Waals surface area contributed by atoms with Gasteiger partial charge >= 0.3 is 6.03 Å². The maximum atomic E-state index is 12.4. The number of para-hydroxylation sites is 1. The Kier molecular flexibility index (Phi) is 5.53. The Labute approximate surface area is 165 Å². The fourth-order valence-electron chi connectivity index (χ4n) is 3.78. The molecule has 4 rings (SSSR count). The van der Waals surface area contributed by atoms with E-state index < -0.39 is 0 Å². The highest BCUT2D eigenvalue weighted by Gasteiger charge is 2.30. The van der Waals surface area contributed by atoms with Gasteiger partial charge in [-0.1, -0.05) is 42.5 Å². The van der Waals surface area contributed by atoms with E-state index in [0.29, 0.717) is 19.8 Å². The first-order chi connectivity index (χ1) is 13.7. The van der Waals surface area contributed by atoms with Crippen molar-refractivity contribution in [1.82, 2.24) is 15.6 Å². The van der Waals surface area contributed by atoms with Crippen LogP contribution < -0.4 is 10.6 Å². The Morgan fingerprint density at radius 2 is 1.89 bits per heavy atom. The molecule has 1 aliphatic heterocycles. The molecule has 2 aromatic carbocycles. The minimum atomic E-state index is -0.150. The molecule has 0 bridgehead atoms. The minimum Gasteiger partial charge on any atom is -0.379 e. The highest BCUT2D eigenvalue weighted by atomic mass is 16.5. The largest absolute Gasteiger partial charge is 0.379 e. The van der Waals surface area contributed by atoms with E-state index in [1.54, 1.807) is 0 Å². The standard InChI is InChI=1S/C23H25N3O2/c1-16-6-2-3-7-18(16)13-25-23(27)26-22-15-28-14-19(22)12-17-10-11-24-21-9-5-4-8-20(17)21/h2-11,19,22H,12-15H2,1H3,(H2,25,26,27)/t19-,22+/m1/s1. The van der Waals surface area contributed by atoms with Gasteiger partial charge in [0.2, 0.25) is 0 Å². The van der Waals surface area contributed by atoms with Gasteiger partial charge in [-0.05, 0) is 42.2 Å². The molecule has 0 aliphatic carbocycles. The fraction of sp³-hybridized carbons (Fsp3) is 0.304. The number of benzene rings is 2. The van der Waals surface area contributed by atoms with Crippen LogP contribution in [0.1, 0.15) is 16.7 Å². The molecular formula is C23H25N3O2. The van der Waals surface area contributed by atoms with Crippen LogP contribution in [-0.2, 0) is 17.7 Å². The lowest BCUT2D eigenvalue weighted by Gasteiger charge is -2.20. The molecule has 2 atom stereocenters. The highest BCUT2D eigenvalue weighted by molar-refractivity contribution is 5.81. The van der Waals surface area contributed by atoms with Crippen molar-refractivity contribution in [2.75, 3.05) is 13.2 Å². The summed E-state index contributed by atoms with van der Waals surface area (Å²) in [6, 6.07) is 18.2. The van der Waals surface area contributed by atoms with E-state index in [1.165, 1.54) is 16.5 Å². The Hall–Kier alpha value is -2.92. The third kappa shape index (κ3) is 4.15. The molecule has 5 nitrogen and oxygen atoms in total. The number of rotatable bonds is 5. The number of nitrogens with one attached hydrogen (secondary N) is 2. The number of urea groups is 1. The number of ether oxygens (including phenoxy) is 1. The lowest BCUT2D eigenvalue weighted by atomic mass is 9.93. The quantitative estimate of drug-likeness (QED) is 0.716. The predicted octanol–water partition coefficient (Wildman–Crippen LogP) is 3.60. The zero-order valence-electron chi connectivity index (χ0n) is 16.0. The number of carbonyl (C=O) groups is 1. The predicted molar refractivity (Wildman–Crippen MR) is 110 cm³/mol. The summed E-state index contributed by atoms with van der Waals surface area (Å²) in [4.78, 5) is 16.8. The zero-order chi connectivity index (χ0) is 19.3. The molecule has 3 aromatic rings. The maximum absolute atomic E-state index is 12.4. The number of nitrogens with zero attached hydrogens (tertiary/aromatic N) is 1. The van der Waals surface area contributed by atoms with Gasteiger partial charge in [0, 0.05) is 24.0 Å². The molecule has 144 valence electrons. The van der Waals surface area contributed by atoms with Gasteiger partial charge < -0.3 is 15.4 Å². The second-order valence-corrected chi connectivity index (χ2v) is 7.35. The van der Waals surface area contributed by atoms with E-state index in [2.05, 4.69) is 40.7 Å². The van der Waals surface area contributed by atoms with Crippen LogP contribution in [0.25, 0.3) is 10.9 Å². The van der Waals surface area contributed by atoms with E-state index in [0.717, 1.165) is 17.5 Å². The summed E-state index contributed by atoms with van der Waals surface area (Å²) in [6.07, 6.45) is 2.70. The van der Waals surface area contributed by atoms with Crippen LogP contribution in [0.5, 0.6) is 0 Å². The van der Waals surface area contributed by atoms with Crippen molar-refractivity contribution in [3.05, 3.63) is 77.5 Å². The van der Waals surface area contributed by atoms with Gasteiger partial charge in [-0.25, -0.2) is 4.79 Å². The Bertz CT molecular complexity index is 967. The summed E-state index contributed by atoms with van der Waals surface area (Å²) in [5, 5.41) is 7.23. The van der Waals surface area contributed by atoms with Crippen molar-refractivity contribution in [1.29, 1.82) is 0 Å². The molecule has 0 saturated carbocycles. The summed E-state index contributed by atoms with van der Waals surface area (Å²) in [5.41, 5.74) is 4.54. The van der Waals surface area contributed by atoms with E-state index in [9.17, 15) is 4.79 Å². The van der Waals surface area contributed by atoms with Gasteiger partial charge in [0.25, 0.3) is 0 Å². The third-order valence-corrected chi connectivity index (χ3v) is 5.44. The molecule has 28 heavy (non-hydrogen) atoms. The summed E-state index contributed by atoms with van der Waals surface area (Å²) in [5.74, 6) is 0.245.